The molecule has 0 saturated heterocycles. The van der Waals surface area contributed by atoms with Crippen LogP contribution in [0.3, 0.4) is 0 Å². The average Bonchev–Trinajstić information content (AvgIpc) is 0.787. The van der Waals surface area contributed by atoms with Gasteiger partial charge in [0.2, 0.25) is 0 Å². The van der Waals surface area contributed by atoms with Crippen molar-refractivity contribution >= 4 is 17.9 Å². The van der Waals surface area contributed by atoms with E-state index in [9.17, 15) is 117 Å². The van der Waals surface area contributed by atoms with Gasteiger partial charge in [-0.3, -0.25) is 14.4 Å². The topological polar surface area (TPSA) is 517 Å². The van der Waals surface area contributed by atoms with E-state index in [1.165, 1.54) is 141 Å². The Labute approximate surface area is 660 Å². The van der Waals surface area contributed by atoms with Crippen molar-refractivity contribution in [3.05, 3.63) is 36.5 Å². The molecule has 110 heavy (non-hydrogen) atoms. The maximum atomic E-state index is 13.1. The molecule has 654 valence electrons. The summed E-state index contributed by atoms with van der Waals surface area (Å²) in [6.07, 6.45) is 32.2. The van der Waals surface area contributed by atoms with Gasteiger partial charge in [-0.1, -0.05) is 185 Å². The van der Waals surface area contributed by atoms with Gasteiger partial charge in [0.05, 0.1) is 133 Å². The van der Waals surface area contributed by atoms with E-state index < -0.39 is 230 Å². The van der Waals surface area contributed by atoms with Gasteiger partial charge in [-0.2, -0.15) is 0 Å². The van der Waals surface area contributed by atoms with Crippen molar-refractivity contribution in [3.8, 4) is 0 Å². The third-order valence-electron chi connectivity index (χ3n) is 21.2. The van der Waals surface area contributed by atoms with Crippen LogP contribution < -0.4 is 0 Å². The standard InChI is InChI=1S/C48H94O22.2C18H34O2/c49-19-32(59)7-5-3-1-2-4-6-29(10-33(60)20-50)30(11-34(61)21-51)8-9-31(12-35(62)22-52)42(13-36(63)23-53)43(14-37(64)24-54)44(15-38(65)25-55)45(16-39(66)26-56)46(17-40(67)27-57)47(48(69)70)18-41(68)28-58;2*1-2-3-4-5-6-7-8-9-10-11-12-13-14-15-16-17-18(19)20/h8-9,29-47,49-68H,1-7,10-28H2,(H,69,70);2*9-10H,2-8,11-17H2,1H3,(H,19,20). The lowest BCUT2D eigenvalue weighted by Crippen LogP contribution is -2.46. The molecule has 0 bridgehead atoms. The van der Waals surface area contributed by atoms with Gasteiger partial charge >= 0.3 is 17.9 Å². The number of hydrogen-bond donors (Lipinski definition) is 23. The third-order valence-corrected chi connectivity index (χ3v) is 21.2. The lowest BCUT2D eigenvalue weighted by molar-refractivity contribution is -0.149. The zero-order chi connectivity index (χ0) is 83.1. The van der Waals surface area contributed by atoms with Crippen LogP contribution in [0, 0.1) is 53.3 Å². The largest absolute Gasteiger partial charge is 0.481 e. The molecule has 0 amide bonds. The summed E-state index contributed by atoms with van der Waals surface area (Å²) in [5.41, 5.74) is 0. The summed E-state index contributed by atoms with van der Waals surface area (Å²) >= 11 is 0. The van der Waals surface area contributed by atoms with Crippen molar-refractivity contribution in [3.63, 3.8) is 0 Å². The molecule has 26 heteroatoms. The van der Waals surface area contributed by atoms with E-state index in [-0.39, 0.29) is 25.9 Å². The van der Waals surface area contributed by atoms with Crippen molar-refractivity contribution in [1.82, 2.24) is 0 Å². The molecule has 0 aromatic rings. The van der Waals surface area contributed by atoms with Crippen LogP contribution in [0.4, 0.5) is 0 Å². The highest BCUT2D eigenvalue weighted by Gasteiger charge is 2.47. The second kappa shape index (κ2) is 77.1. The van der Waals surface area contributed by atoms with E-state index in [0.29, 0.717) is 44.9 Å². The van der Waals surface area contributed by atoms with E-state index in [4.69, 9.17) is 15.3 Å². The molecule has 19 unspecified atom stereocenters. The Hall–Kier alpha value is -3.17. The molecule has 0 aliphatic carbocycles. The summed E-state index contributed by atoms with van der Waals surface area (Å²) in [7, 11) is 0. The normalized spacial score (nSPS) is 17.3. The molecule has 0 saturated carbocycles. The number of rotatable bonds is 76. The van der Waals surface area contributed by atoms with Crippen molar-refractivity contribution in [1.29, 1.82) is 0 Å². The summed E-state index contributed by atoms with van der Waals surface area (Å²) in [6.45, 7) is -3.19. The lowest BCUT2D eigenvalue weighted by Gasteiger charge is -2.47. The molecule has 0 spiro atoms. The monoisotopic (exact) mass is 1590 g/mol. The number of unbranched alkanes of at least 4 members (excludes halogenated alkanes) is 26. The first-order valence-electron chi connectivity index (χ1n) is 42.3. The molecule has 0 aromatic heterocycles. The van der Waals surface area contributed by atoms with Crippen LogP contribution in [0.5, 0.6) is 0 Å². The average molecular weight is 1590 g/mol. The smallest absolute Gasteiger partial charge is 0.306 e. The Kier molecular flexibility index (Phi) is 77.8. The van der Waals surface area contributed by atoms with Gasteiger partial charge in [-0.25, -0.2) is 0 Å². The third kappa shape index (κ3) is 63.1. The van der Waals surface area contributed by atoms with Gasteiger partial charge in [0.1, 0.15) is 0 Å². The summed E-state index contributed by atoms with van der Waals surface area (Å²) < 4.78 is 0. The number of carboxylic acid groups (broad SMARTS) is 3. The first-order valence-corrected chi connectivity index (χ1v) is 42.3. The zero-order valence-electron chi connectivity index (χ0n) is 67.6. The summed E-state index contributed by atoms with van der Waals surface area (Å²) in [5, 5.41) is 237. The molecule has 26 nitrogen and oxygen atoms in total. The van der Waals surface area contributed by atoms with Crippen LogP contribution in [0.15, 0.2) is 36.5 Å². The molecule has 0 aliphatic rings. The minimum absolute atomic E-state index is 0.0288. The van der Waals surface area contributed by atoms with Gasteiger partial charge in [0.25, 0.3) is 0 Å². The Morgan fingerprint density at radius 1 is 0.255 bits per heavy atom. The van der Waals surface area contributed by atoms with Crippen molar-refractivity contribution in [2.75, 3.05) is 66.1 Å². The molecule has 0 aromatic carbocycles. The quantitative estimate of drug-likeness (QED) is 0.0201. The lowest BCUT2D eigenvalue weighted by atomic mass is 9.59. The molecular formula is C84H162O26. The van der Waals surface area contributed by atoms with Crippen LogP contribution >= 0.6 is 0 Å². The first kappa shape index (κ1) is 111. The van der Waals surface area contributed by atoms with Crippen LogP contribution in [0.1, 0.15) is 296 Å². The van der Waals surface area contributed by atoms with Crippen LogP contribution in [-0.4, -0.2) is 262 Å². The summed E-state index contributed by atoms with van der Waals surface area (Å²) in [4.78, 5) is 33.8. The molecule has 0 radical (unpaired) electrons. The Bertz CT molecular complexity index is 2080. The van der Waals surface area contributed by atoms with Crippen molar-refractivity contribution < 1.29 is 132 Å². The molecule has 23 N–H and O–H groups in total. The minimum Gasteiger partial charge on any atom is -0.481 e. The van der Waals surface area contributed by atoms with Gasteiger partial charge in [0, 0.05) is 12.8 Å². The Morgan fingerprint density at radius 3 is 0.855 bits per heavy atom. The minimum atomic E-state index is -1.67. The highest BCUT2D eigenvalue weighted by atomic mass is 16.4. The van der Waals surface area contributed by atoms with E-state index in [1.807, 2.05) is 0 Å². The number of aliphatic hydroxyl groups excluding tert-OH is 20. The highest BCUT2D eigenvalue weighted by molar-refractivity contribution is 5.70. The molecule has 19 atom stereocenters. The fourth-order valence-electron chi connectivity index (χ4n) is 15.0. The Balaban J connectivity index is -0.00000230. The first-order chi connectivity index (χ1) is 52.8. The van der Waals surface area contributed by atoms with Gasteiger partial charge in [-0.05, 0) is 182 Å². The highest BCUT2D eigenvalue weighted by Crippen LogP contribution is 2.49. The van der Waals surface area contributed by atoms with Gasteiger partial charge in [0.15, 0.2) is 0 Å². The molecule has 0 fully saturated rings. The van der Waals surface area contributed by atoms with Gasteiger partial charge in [-0.15, -0.1) is 0 Å². The zero-order valence-corrected chi connectivity index (χ0v) is 67.6. The van der Waals surface area contributed by atoms with E-state index in [0.717, 1.165) is 38.5 Å². The molecule has 0 aliphatic heterocycles. The predicted octanol–water partition coefficient (Wildman–Crippen LogP) is 8.16. The molecule has 0 rings (SSSR count). The maximum Gasteiger partial charge on any atom is 0.306 e. The maximum absolute atomic E-state index is 13.1. The number of aliphatic hydroxyl groups is 20. The SMILES string of the molecule is CCCCCCCCC=CCCCCCCCC(=O)O.CCCCCCCCC=CCCCCCCCC(=O)O.O=C(O)C(CC(O)CO)C(CC(O)CO)C(CC(O)CO)C(CC(O)CO)C(CC(O)CO)C(CC(O)CO)C(C=CC(CC(O)CO)C(CCCCCCCC(O)CO)CC(O)CO)CC(O)CO. The van der Waals surface area contributed by atoms with E-state index >= 15 is 0 Å². The fraction of sp³-hybridized carbons (Fsp3) is 0.893. The number of hydrogen-bond acceptors (Lipinski definition) is 23. The fourth-order valence-corrected chi connectivity index (χ4v) is 15.0. The number of aliphatic carboxylic acids is 3. The van der Waals surface area contributed by atoms with E-state index in [2.05, 4.69) is 38.2 Å². The van der Waals surface area contributed by atoms with Crippen LogP contribution in [0.25, 0.3) is 0 Å². The Morgan fingerprint density at radius 2 is 0.509 bits per heavy atom. The van der Waals surface area contributed by atoms with Crippen molar-refractivity contribution in [2.24, 2.45) is 53.3 Å². The van der Waals surface area contributed by atoms with Crippen LogP contribution in [0.2, 0.25) is 0 Å². The number of carboxylic acids is 3. The predicted molar refractivity (Wildman–Crippen MR) is 427 cm³/mol. The second-order valence-corrected chi connectivity index (χ2v) is 31.0. The van der Waals surface area contributed by atoms with Crippen LogP contribution in [-0.2, 0) is 14.4 Å². The molecule has 0 heterocycles. The van der Waals surface area contributed by atoms with Gasteiger partial charge < -0.3 is 117 Å². The van der Waals surface area contributed by atoms with E-state index in [1.54, 1.807) is 12.2 Å². The number of allylic oxidation sites excluding steroid dienone is 6. The second-order valence-electron chi connectivity index (χ2n) is 31.0. The number of carbonyl (C=O) groups is 3. The summed E-state index contributed by atoms with van der Waals surface area (Å²) in [6, 6.07) is 0. The molecular weight excluding hydrogens is 1420 g/mol. The van der Waals surface area contributed by atoms with Crippen molar-refractivity contribution in [2.45, 2.75) is 357 Å². The summed E-state index contributed by atoms with van der Waals surface area (Å²) in [5.74, 6) is -13.1.